The maximum atomic E-state index is 13.2. The number of amides is 1. The fourth-order valence-corrected chi connectivity index (χ4v) is 5.63. The number of aryl methyl sites for hydroxylation is 1. The first-order valence-electron chi connectivity index (χ1n) is 9.77. The molecule has 4 rings (SSSR count). The number of fused-ring (bicyclic) bond motifs is 1. The molecule has 0 saturated carbocycles. The van der Waals surface area contributed by atoms with Gasteiger partial charge in [-0.1, -0.05) is 34.1 Å². The molecule has 6 nitrogen and oxygen atoms in total. The highest BCUT2D eigenvalue weighted by molar-refractivity contribution is 9.10. The number of pyridine rings is 1. The van der Waals surface area contributed by atoms with Gasteiger partial charge in [0.25, 0.3) is 0 Å². The van der Waals surface area contributed by atoms with Gasteiger partial charge in [0, 0.05) is 40.8 Å². The zero-order valence-electron chi connectivity index (χ0n) is 16.5. The summed E-state index contributed by atoms with van der Waals surface area (Å²) in [6, 6.07) is 14.5. The van der Waals surface area contributed by atoms with E-state index in [-0.39, 0.29) is 16.7 Å². The zero-order chi connectivity index (χ0) is 21.3. The Balaban J connectivity index is 1.46. The minimum Gasteiger partial charge on any atom is -0.326 e. The molecule has 2 heterocycles. The molecular weight excluding hydrogens is 466 g/mol. The van der Waals surface area contributed by atoms with E-state index in [1.165, 1.54) is 4.31 Å². The van der Waals surface area contributed by atoms with Crippen LogP contribution in [-0.2, 0) is 14.8 Å². The third-order valence-corrected chi connectivity index (χ3v) is 8.28. The van der Waals surface area contributed by atoms with Gasteiger partial charge in [0.1, 0.15) is 4.90 Å². The number of benzene rings is 2. The number of piperidine rings is 1. The molecule has 0 atom stereocenters. The van der Waals surface area contributed by atoms with Crippen molar-refractivity contribution in [1.82, 2.24) is 9.29 Å². The van der Waals surface area contributed by atoms with Gasteiger partial charge in [0.15, 0.2) is 0 Å². The summed E-state index contributed by atoms with van der Waals surface area (Å²) in [5.74, 6) is -0.286. The first-order valence-corrected chi connectivity index (χ1v) is 12.0. The Morgan fingerprint density at radius 2 is 1.87 bits per heavy atom. The molecule has 0 bridgehead atoms. The van der Waals surface area contributed by atoms with Gasteiger partial charge in [-0.2, -0.15) is 4.31 Å². The average Bonchev–Trinajstić information content (AvgIpc) is 2.76. The van der Waals surface area contributed by atoms with Crippen LogP contribution in [0.3, 0.4) is 0 Å². The molecule has 1 N–H and O–H groups in total. The highest BCUT2D eigenvalue weighted by Gasteiger charge is 2.33. The lowest BCUT2D eigenvalue weighted by atomic mass is 9.97. The molecule has 1 aromatic heterocycles. The Labute approximate surface area is 184 Å². The number of nitrogens with zero attached hydrogens (tertiary/aromatic N) is 2. The number of para-hydroxylation sites is 1. The van der Waals surface area contributed by atoms with Crippen LogP contribution in [0, 0.1) is 12.8 Å². The second kappa shape index (κ2) is 8.45. The molecule has 1 saturated heterocycles. The SMILES string of the molecule is Cc1cc(NC(=O)C2CCN(S(=O)(=O)c3cccc4cccnc34)CC2)ccc1Br. The standard InChI is InChI=1S/C22H22BrN3O3S/c1-15-14-18(7-8-19(15)23)25-22(27)17-9-12-26(13-10-17)30(28,29)20-6-2-4-16-5-3-11-24-21(16)20/h2-8,11,14,17H,9-10,12-13H2,1H3,(H,25,27). The Morgan fingerprint density at radius 1 is 1.13 bits per heavy atom. The normalized spacial score (nSPS) is 15.9. The van der Waals surface area contributed by atoms with Crippen LogP contribution in [0.25, 0.3) is 10.9 Å². The molecule has 0 radical (unpaired) electrons. The third-order valence-electron chi connectivity index (χ3n) is 5.46. The summed E-state index contributed by atoms with van der Waals surface area (Å²) in [5.41, 5.74) is 2.26. The fourth-order valence-electron chi connectivity index (χ4n) is 3.75. The summed E-state index contributed by atoms with van der Waals surface area (Å²) >= 11 is 3.45. The van der Waals surface area contributed by atoms with Gasteiger partial charge in [0.05, 0.1) is 5.52 Å². The summed E-state index contributed by atoms with van der Waals surface area (Å²) in [6.07, 6.45) is 2.57. The predicted octanol–water partition coefficient (Wildman–Crippen LogP) is 4.35. The molecule has 0 unspecified atom stereocenters. The molecule has 1 amide bonds. The molecule has 1 fully saturated rings. The molecule has 1 aliphatic rings. The highest BCUT2D eigenvalue weighted by Crippen LogP contribution is 2.28. The first-order chi connectivity index (χ1) is 14.4. The summed E-state index contributed by atoms with van der Waals surface area (Å²) in [5, 5.41) is 3.74. The van der Waals surface area contributed by atoms with Gasteiger partial charge in [-0.25, -0.2) is 8.42 Å². The lowest BCUT2D eigenvalue weighted by molar-refractivity contribution is -0.120. The molecule has 2 aromatic carbocycles. The summed E-state index contributed by atoms with van der Waals surface area (Å²) in [7, 11) is -3.67. The Kier molecular flexibility index (Phi) is 5.90. The number of nitrogens with one attached hydrogen (secondary N) is 1. The van der Waals surface area contributed by atoms with Crippen LogP contribution in [-0.4, -0.2) is 36.7 Å². The Hall–Kier alpha value is -2.29. The molecule has 0 aliphatic carbocycles. The van der Waals surface area contributed by atoms with Gasteiger partial charge in [-0.05, 0) is 55.7 Å². The van der Waals surface area contributed by atoms with E-state index >= 15 is 0 Å². The number of anilines is 1. The van der Waals surface area contributed by atoms with E-state index in [4.69, 9.17) is 0 Å². The number of rotatable bonds is 4. The van der Waals surface area contributed by atoms with Crippen molar-refractivity contribution in [2.24, 2.45) is 5.92 Å². The molecule has 156 valence electrons. The molecule has 8 heteroatoms. The van der Waals surface area contributed by atoms with Crippen LogP contribution in [0.15, 0.2) is 64.1 Å². The van der Waals surface area contributed by atoms with Crippen LogP contribution in [0.5, 0.6) is 0 Å². The van der Waals surface area contributed by atoms with Crippen molar-refractivity contribution in [3.63, 3.8) is 0 Å². The summed E-state index contributed by atoms with van der Waals surface area (Å²) in [6.45, 7) is 2.58. The van der Waals surface area contributed by atoms with Gasteiger partial charge >= 0.3 is 0 Å². The van der Waals surface area contributed by atoms with E-state index in [0.29, 0.717) is 31.4 Å². The minimum absolute atomic E-state index is 0.0689. The smallest absolute Gasteiger partial charge is 0.245 e. The molecule has 3 aromatic rings. The van der Waals surface area contributed by atoms with Crippen molar-refractivity contribution in [2.45, 2.75) is 24.7 Å². The monoisotopic (exact) mass is 487 g/mol. The van der Waals surface area contributed by atoms with Crippen molar-refractivity contribution in [1.29, 1.82) is 0 Å². The van der Waals surface area contributed by atoms with Crippen LogP contribution in [0.4, 0.5) is 5.69 Å². The van der Waals surface area contributed by atoms with Crippen molar-refractivity contribution < 1.29 is 13.2 Å². The lowest BCUT2D eigenvalue weighted by Gasteiger charge is -2.30. The number of aromatic nitrogens is 1. The maximum Gasteiger partial charge on any atom is 0.245 e. The first kappa shape index (κ1) is 21.0. The number of halogens is 1. The summed E-state index contributed by atoms with van der Waals surface area (Å²) in [4.78, 5) is 17.2. The summed E-state index contributed by atoms with van der Waals surface area (Å²) < 4.78 is 28.9. The number of sulfonamides is 1. The number of carbonyl (C=O) groups is 1. The van der Waals surface area contributed by atoms with E-state index in [0.717, 1.165) is 21.1 Å². The second-order valence-corrected chi connectivity index (χ2v) is 10.2. The Morgan fingerprint density at radius 3 is 2.60 bits per heavy atom. The van der Waals surface area contributed by atoms with Gasteiger partial charge in [-0.15, -0.1) is 0 Å². The quantitative estimate of drug-likeness (QED) is 0.593. The van der Waals surface area contributed by atoms with Crippen LogP contribution < -0.4 is 5.32 Å². The number of carbonyl (C=O) groups excluding carboxylic acids is 1. The van der Waals surface area contributed by atoms with E-state index in [1.54, 1.807) is 24.4 Å². The van der Waals surface area contributed by atoms with E-state index < -0.39 is 10.0 Å². The zero-order valence-corrected chi connectivity index (χ0v) is 18.9. The highest BCUT2D eigenvalue weighted by atomic mass is 79.9. The van der Waals surface area contributed by atoms with E-state index in [1.807, 2.05) is 37.3 Å². The average molecular weight is 488 g/mol. The molecule has 0 spiro atoms. The third kappa shape index (κ3) is 4.12. The molecule has 30 heavy (non-hydrogen) atoms. The van der Waals surface area contributed by atoms with Crippen molar-refractivity contribution in [2.75, 3.05) is 18.4 Å². The van der Waals surface area contributed by atoms with Crippen LogP contribution in [0.2, 0.25) is 0 Å². The predicted molar refractivity (Wildman–Crippen MR) is 121 cm³/mol. The van der Waals surface area contributed by atoms with E-state index in [2.05, 4.69) is 26.2 Å². The molecular formula is C22H22BrN3O3S. The molecule has 1 aliphatic heterocycles. The number of hydrogen-bond donors (Lipinski definition) is 1. The minimum atomic E-state index is -3.67. The maximum absolute atomic E-state index is 13.2. The van der Waals surface area contributed by atoms with E-state index in [9.17, 15) is 13.2 Å². The number of hydrogen-bond acceptors (Lipinski definition) is 4. The topological polar surface area (TPSA) is 79.4 Å². The van der Waals surface area contributed by atoms with Crippen molar-refractivity contribution >= 4 is 48.5 Å². The van der Waals surface area contributed by atoms with Gasteiger partial charge in [0.2, 0.25) is 15.9 Å². The van der Waals surface area contributed by atoms with Gasteiger partial charge in [-0.3, -0.25) is 9.78 Å². The second-order valence-electron chi connectivity index (χ2n) is 7.46. The largest absolute Gasteiger partial charge is 0.326 e. The van der Waals surface area contributed by atoms with Gasteiger partial charge < -0.3 is 5.32 Å². The Bertz CT molecular complexity index is 1200. The van der Waals surface area contributed by atoms with Crippen LogP contribution >= 0.6 is 15.9 Å². The lowest BCUT2D eigenvalue weighted by Crippen LogP contribution is -2.41. The van der Waals surface area contributed by atoms with Crippen molar-refractivity contribution in [3.8, 4) is 0 Å². The van der Waals surface area contributed by atoms with Crippen molar-refractivity contribution in [3.05, 3.63) is 64.8 Å². The fraction of sp³-hybridized carbons (Fsp3) is 0.273. The van der Waals surface area contributed by atoms with Crippen LogP contribution in [0.1, 0.15) is 18.4 Å².